The highest BCUT2D eigenvalue weighted by atomic mass is 16.5. The van der Waals surface area contributed by atoms with Crippen LogP contribution in [-0.2, 0) is 6.54 Å². The van der Waals surface area contributed by atoms with Crippen molar-refractivity contribution in [1.29, 1.82) is 0 Å². The first-order chi connectivity index (χ1) is 12.6. The highest BCUT2D eigenvalue weighted by Gasteiger charge is 2.17. The molecule has 3 rings (SSSR count). The van der Waals surface area contributed by atoms with E-state index in [1.165, 1.54) is 12.0 Å². The second kappa shape index (κ2) is 7.69. The minimum Gasteiger partial charge on any atom is -0.493 e. The SMILES string of the molecule is COc1ccc(C(=O)N(C)Cc2nnc(-c3ccccc3)o2)cc1OC. The van der Waals surface area contributed by atoms with Crippen molar-refractivity contribution in [3.05, 3.63) is 60.0 Å². The van der Waals surface area contributed by atoms with E-state index in [2.05, 4.69) is 10.2 Å². The second-order valence-corrected chi connectivity index (χ2v) is 5.60. The van der Waals surface area contributed by atoms with Crippen molar-refractivity contribution in [2.75, 3.05) is 21.3 Å². The molecule has 0 aliphatic heterocycles. The van der Waals surface area contributed by atoms with Crippen LogP contribution >= 0.6 is 0 Å². The minimum atomic E-state index is -0.189. The Hall–Kier alpha value is -3.35. The molecule has 0 aliphatic carbocycles. The van der Waals surface area contributed by atoms with Crippen LogP contribution in [-0.4, -0.2) is 42.3 Å². The lowest BCUT2D eigenvalue weighted by molar-refractivity contribution is 0.0772. The Morgan fingerprint density at radius 1 is 1.04 bits per heavy atom. The van der Waals surface area contributed by atoms with Crippen LogP contribution in [0, 0.1) is 0 Å². The summed E-state index contributed by atoms with van der Waals surface area (Å²) in [5, 5.41) is 8.04. The first kappa shape index (κ1) is 17.5. The van der Waals surface area contributed by atoms with E-state index in [1.807, 2.05) is 30.3 Å². The quantitative estimate of drug-likeness (QED) is 0.678. The van der Waals surface area contributed by atoms with E-state index in [-0.39, 0.29) is 12.5 Å². The van der Waals surface area contributed by atoms with Gasteiger partial charge in [-0.15, -0.1) is 10.2 Å². The molecule has 0 atom stereocenters. The van der Waals surface area contributed by atoms with Gasteiger partial charge in [-0.2, -0.15) is 0 Å². The molecule has 0 saturated carbocycles. The van der Waals surface area contributed by atoms with Gasteiger partial charge < -0.3 is 18.8 Å². The van der Waals surface area contributed by atoms with Crippen LogP contribution in [0.4, 0.5) is 0 Å². The zero-order valence-corrected chi connectivity index (χ0v) is 14.8. The summed E-state index contributed by atoms with van der Waals surface area (Å²) in [6.07, 6.45) is 0. The molecule has 3 aromatic rings. The lowest BCUT2D eigenvalue weighted by Crippen LogP contribution is -2.26. The zero-order chi connectivity index (χ0) is 18.5. The molecule has 1 heterocycles. The molecule has 26 heavy (non-hydrogen) atoms. The molecule has 134 valence electrons. The first-order valence-electron chi connectivity index (χ1n) is 7.97. The maximum absolute atomic E-state index is 12.6. The largest absolute Gasteiger partial charge is 0.493 e. The number of benzene rings is 2. The van der Waals surface area contributed by atoms with Crippen molar-refractivity contribution in [3.63, 3.8) is 0 Å². The summed E-state index contributed by atoms with van der Waals surface area (Å²) in [4.78, 5) is 14.1. The Labute approximate surface area is 151 Å². The summed E-state index contributed by atoms with van der Waals surface area (Å²) in [5.41, 5.74) is 1.31. The van der Waals surface area contributed by atoms with Gasteiger partial charge in [0.05, 0.1) is 20.8 Å². The van der Waals surface area contributed by atoms with E-state index >= 15 is 0 Å². The molecular formula is C19H19N3O4. The van der Waals surface area contributed by atoms with Crippen molar-refractivity contribution in [1.82, 2.24) is 15.1 Å². The van der Waals surface area contributed by atoms with E-state index in [0.717, 1.165) is 5.56 Å². The Kier molecular flexibility index (Phi) is 5.17. The van der Waals surface area contributed by atoms with Gasteiger partial charge in [0, 0.05) is 18.2 Å². The fourth-order valence-electron chi connectivity index (χ4n) is 2.48. The third kappa shape index (κ3) is 3.66. The second-order valence-electron chi connectivity index (χ2n) is 5.60. The summed E-state index contributed by atoms with van der Waals surface area (Å²) in [6.45, 7) is 0.201. The van der Waals surface area contributed by atoms with Crippen molar-refractivity contribution < 1.29 is 18.7 Å². The number of carbonyl (C=O) groups excluding carboxylic acids is 1. The topological polar surface area (TPSA) is 77.7 Å². The Morgan fingerprint density at radius 2 is 1.77 bits per heavy atom. The molecule has 7 nitrogen and oxygen atoms in total. The van der Waals surface area contributed by atoms with Crippen LogP contribution in [0.5, 0.6) is 11.5 Å². The number of aromatic nitrogens is 2. The van der Waals surface area contributed by atoms with Crippen LogP contribution in [0.3, 0.4) is 0 Å². The zero-order valence-electron chi connectivity index (χ0n) is 14.8. The number of nitrogens with zero attached hydrogens (tertiary/aromatic N) is 3. The van der Waals surface area contributed by atoms with Crippen molar-refractivity contribution in [2.45, 2.75) is 6.54 Å². The Bertz CT molecular complexity index is 893. The molecule has 0 spiro atoms. The van der Waals surface area contributed by atoms with Gasteiger partial charge in [0.2, 0.25) is 11.8 Å². The smallest absolute Gasteiger partial charge is 0.254 e. The summed E-state index contributed by atoms with van der Waals surface area (Å²) in [5.74, 6) is 1.66. The van der Waals surface area contributed by atoms with E-state index in [9.17, 15) is 4.79 Å². The van der Waals surface area contributed by atoms with Crippen LogP contribution in [0.25, 0.3) is 11.5 Å². The van der Waals surface area contributed by atoms with Gasteiger partial charge in [-0.05, 0) is 30.3 Å². The van der Waals surface area contributed by atoms with Crippen LogP contribution < -0.4 is 9.47 Å². The monoisotopic (exact) mass is 353 g/mol. The van der Waals surface area contributed by atoms with E-state index < -0.39 is 0 Å². The van der Waals surface area contributed by atoms with Crippen LogP contribution in [0.1, 0.15) is 16.2 Å². The molecule has 1 aromatic heterocycles. The van der Waals surface area contributed by atoms with Gasteiger partial charge in [0.25, 0.3) is 5.91 Å². The summed E-state index contributed by atoms with van der Waals surface area (Å²) in [6, 6.07) is 14.5. The number of hydrogen-bond donors (Lipinski definition) is 0. The summed E-state index contributed by atoms with van der Waals surface area (Å²) >= 11 is 0. The third-order valence-corrected chi connectivity index (χ3v) is 3.84. The number of amides is 1. The van der Waals surface area contributed by atoms with Crippen molar-refractivity contribution in [2.24, 2.45) is 0 Å². The van der Waals surface area contributed by atoms with Gasteiger partial charge >= 0.3 is 0 Å². The van der Waals surface area contributed by atoms with Gasteiger partial charge in [0.15, 0.2) is 11.5 Å². The highest BCUT2D eigenvalue weighted by Crippen LogP contribution is 2.28. The van der Waals surface area contributed by atoms with Crippen molar-refractivity contribution >= 4 is 5.91 Å². The molecule has 1 amide bonds. The Morgan fingerprint density at radius 3 is 2.46 bits per heavy atom. The lowest BCUT2D eigenvalue weighted by Gasteiger charge is -2.16. The number of carbonyl (C=O) groups is 1. The Balaban J connectivity index is 1.73. The molecule has 0 radical (unpaired) electrons. The molecule has 0 unspecified atom stereocenters. The average Bonchev–Trinajstić information content (AvgIpc) is 3.16. The third-order valence-electron chi connectivity index (χ3n) is 3.84. The summed E-state index contributed by atoms with van der Waals surface area (Å²) < 4.78 is 16.1. The fraction of sp³-hybridized carbons (Fsp3) is 0.211. The van der Waals surface area contributed by atoms with Gasteiger partial charge in [-0.3, -0.25) is 4.79 Å². The maximum Gasteiger partial charge on any atom is 0.254 e. The molecule has 0 fully saturated rings. The lowest BCUT2D eigenvalue weighted by atomic mass is 10.1. The standard InChI is InChI=1S/C19H19N3O4/c1-22(19(23)14-9-10-15(24-2)16(11-14)25-3)12-17-20-21-18(26-17)13-7-5-4-6-8-13/h4-11H,12H2,1-3H3. The summed E-state index contributed by atoms with van der Waals surface area (Å²) in [7, 11) is 4.75. The maximum atomic E-state index is 12.6. The number of ether oxygens (including phenoxy) is 2. The highest BCUT2D eigenvalue weighted by molar-refractivity contribution is 5.94. The van der Waals surface area contributed by atoms with Gasteiger partial charge in [-0.25, -0.2) is 0 Å². The number of rotatable bonds is 6. The average molecular weight is 353 g/mol. The first-order valence-corrected chi connectivity index (χ1v) is 7.97. The van der Waals surface area contributed by atoms with E-state index in [0.29, 0.717) is 28.8 Å². The van der Waals surface area contributed by atoms with Crippen LogP contribution in [0.15, 0.2) is 52.9 Å². The molecule has 0 N–H and O–H groups in total. The normalized spacial score (nSPS) is 10.4. The number of hydrogen-bond acceptors (Lipinski definition) is 6. The van der Waals surface area contributed by atoms with Crippen LogP contribution in [0.2, 0.25) is 0 Å². The molecular weight excluding hydrogens is 334 g/mol. The van der Waals surface area contributed by atoms with Gasteiger partial charge in [-0.1, -0.05) is 18.2 Å². The molecule has 0 aliphatic rings. The molecule has 0 bridgehead atoms. The predicted molar refractivity (Wildman–Crippen MR) is 95.1 cm³/mol. The number of methoxy groups -OCH3 is 2. The fourth-order valence-corrected chi connectivity index (χ4v) is 2.48. The van der Waals surface area contributed by atoms with Crippen molar-refractivity contribution in [3.8, 4) is 23.0 Å². The molecule has 0 saturated heterocycles. The molecule has 7 heteroatoms. The minimum absolute atomic E-state index is 0.189. The van der Waals surface area contributed by atoms with E-state index in [1.54, 1.807) is 32.4 Å². The van der Waals surface area contributed by atoms with E-state index in [4.69, 9.17) is 13.9 Å². The predicted octanol–water partition coefficient (Wildman–Crippen LogP) is 3.03. The van der Waals surface area contributed by atoms with Gasteiger partial charge in [0.1, 0.15) is 0 Å². The molecule has 2 aromatic carbocycles.